The van der Waals surface area contributed by atoms with Gasteiger partial charge in [0.15, 0.2) is 0 Å². The topological polar surface area (TPSA) is 12.0 Å². The molecule has 0 aliphatic carbocycles. The van der Waals surface area contributed by atoms with Crippen LogP contribution in [0.1, 0.15) is 67.7 Å². The van der Waals surface area contributed by atoms with E-state index in [0.29, 0.717) is 11.5 Å². The second kappa shape index (κ2) is 7.32. The number of nitrogens with one attached hydrogen (secondary N) is 1. The first-order chi connectivity index (χ1) is 7.27. The van der Waals surface area contributed by atoms with Crippen LogP contribution in [0.4, 0.5) is 0 Å². The molecule has 2 atom stereocenters. The first-order valence-corrected chi connectivity index (χ1v) is 7.00. The fourth-order valence-electron chi connectivity index (χ4n) is 1.91. The average molecular weight is 227 g/mol. The molecule has 0 fully saturated rings. The van der Waals surface area contributed by atoms with Gasteiger partial charge in [0.25, 0.3) is 0 Å². The van der Waals surface area contributed by atoms with Gasteiger partial charge in [-0.25, -0.2) is 0 Å². The lowest BCUT2D eigenvalue weighted by atomic mass is 9.78. The minimum Gasteiger partial charge on any atom is -0.314 e. The van der Waals surface area contributed by atoms with Crippen molar-refractivity contribution < 1.29 is 0 Å². The van der Waals surface area contributed by atoms with Crippen molar-refractivity contribution in [1.29, 1.82) is 0 Å². The van der Waals surface area contributed by atoms with Gasteiger partial charge in [0.2, 0.25) is 0 Å². The number of rotatable bonds is 7. The van der Waals surface area contributed by atoms with Gasteiger partial charge >= 0.3 is 0 Å². The Morgan fingerprint density at radius 1 is 1.00 bits per heavy atom. The minimum absolute atomic E-state index is 0.436. The van der Waals surface area contributed by atoms with Crippen LogP contribution in [0.2, 0.25) is 0 Å². The van der Waals surface area contributed by atoms with Crippen molar-refractivity contribution in [3.8, 4) is 0 Å². The van der Waals surface area contributed by atoms with Gasteiger partial charge in [0, 0.05) is 6.04 Å². The van der Waals surface area contributed by atoms with Crippen LogP contribution in [0, 0.1) is 17.3 Å². The molecule has 1 heteroatoms. The predicted molar refractivity (Wildman–Crippen MR) is 74.8 cm³/mol. The molecular weight excluding hydrogens is 194 g/mol. The first kappa shape index (κ1) is 16.0. The van der Waals surface area contributed by atoms with Crippen molar-refractivity contribution in [2.75, 3.05) is 6.54 Å². The van der Waals surface area contributed by atoms with Crippen LogP contribution in [-0.2, 0) is 0 Å². The predicted octanol–water partition coefficient (Wildman–Crippen LogP) is 4.47. The maximum Gasteiger partial charge on any atom is 0.00697 e. The molecule has 0 bridgehead atoms. The van der Waals surface area contributed by atoms with Crippen LogP contribution in [0.25, 0.3) is 0 Å². The molecule has 0 aliphatic rings. The van der Waals surface area contributed by atoms with E-state index in [0.717, 1.165) is 18.4 Å². The van der Waals surface area contributed by atoms with Crippen molar-refractivity contribution in [1.82, 2.24) is 5.32 Å². The Morgan fingerprint density at radius 2 is 1.56 bits per heavy atom. The van der Waals surface area contributed by atoms with Crippen LogP contribution in [0.5, 0.6) is 0 Å². The summed E-state index contributed by atoms with van der Waals surface area (Å²) >= 11 is 0. The van der Waals surface area contributed by atoms with Gasteiger partial charge in [0.1, 0.15) is 0 Å². The van der Waals surface area contributed by atoms with E-state index in [4.69, 9.17) is 0 Å². The fraction of sp³-hybridized carbons (Fsp3) is 1.00. The van der Waals surface area contributed by atoms with E-state index in [9.17, 15) is 0 Å². The Morgan fingerprint density at radius 3 is 1.94 bits per heavy atom. The quantitative estimate of drug-likeness (QED) is 0.676. The van der Waals surface area contributed by atoms with Gasteiger partial charge < -0.3 is 5.32 Å². The highest BCUT2D eigenvalue weighted by Gasteiger charge is 2.23. The van der Waals surface area contributed by atoms with Gasteiger partial charge in [0.05, 0.1) is 0 Å². The average Bonchev–Trinajstić information content (AvgIpc) is 2.12. The molecule has 2 unspecified atom stereocenters. The Bertz CT molecular complexity index is 167. The lowest BCUT2D eigenvalue weighted by Crippen LogP contribution is -2.33. The maximum atomic E-state index is 3.64. The SMILES string of the molecule is CCNC(CCC(C)C)CC(C)C(C)(C)C. The minimum atomic E-state index is 0.436. The second-order valence-corrected chi connectivity index (χ2v) is 6.73. The molecule has 0 aromatic heterocycles. The van der Waals surface area contributed by atoms with E-state index in [-0.39, 0.29) is 0 Å². The smallest absolute Gasteiger partial charge is 0.00697 e. The summed E-state index contributed by atoms with van der Waals surface area (Å²) < 4.78 is 0. The van der Waals surface area contributed by atoms with Crippen LogP contribution in [0.15, 0.2) is 0 Å². The van der Waals surface area contributed by atoms with Gasteiger partial charge in [-0.15, -0.1) is 0 Å². The third-order valence-electron chi connectivity index (χ3n) is 3.70. The zero-order valence-electron chi connectivity index (χ0n) is 12.6. The van der Waals surface area contributed by atoms with Crippen molar-refractivity contribution in [3.05, 3.63) is 0 Å². The molecule has 0 spiro atoms. The van der Waals surface area contributed by atoms with Crippen molar-refractivity contribution >= 4 is 0 Å². The Labute approximate surface area is 103 Å². The zero-order chi connectivity index (χ0) is 12.8. The van der Waals surface area contributed by atoms with E-state index in [1.807, 2.05) is 0 Å². The van der Waals surface area contributed by atoms with Crippen LogP contribution in [0.3, 0.4) is 0 Å². The molecule has 0 aromatic carbocycles. The lowest BCUT2D eigenvalue weighted by molar-refractivity contribution is 0.216. The summed E-state index contributed by atoms with van der Waals surface area (Å²) in [6.07, 6.45) is 3.98. The Hall–Kier alpha value is -0.0400. The molecule has 0 aliphatic heterocycles. The van der Waals surface area contributed by atoms with Crippen molar-refractivity contribution in [2.45, 2.75) is 73.8 Å². The van der Waals surface area contributed by atoms with Crippen LogP contribution >= 0.6 is 0 Å². The van der Waals surface area contributed by atoms with Crippen molar-refractivity contribution in [3.63, 3.8) is 0 Å². The second-order valence-electron chi connectivity index (χ2n) is 6.73. The van der Waals surface area contributed by atoms with E-state index < -0.39 is 0 Å². The summed E-state index contributed by atoms with van der Waals surface area (Å²) in [6, 6.07) is 0.710. The van der Waals surface area contributed by atoms with Gasteiger partial charge in [-0.05, 0) is 43.1 Å². The van der Waals surface area contributed by atoms with Gasteiger partial charge in [-0.1, -0.05) is 48.5 Å². The van der Waals surface area contributed by atoms with E-state index in [1.165, 1.54) is 19.3 Å². The van der Waals surface area contributed by atoms with E-state index in [1.54, 1.807) is 0 Å². The highest BCUT2D eigenvalue weighted by atomic mass is 14.9. The zero-order valence-corrected chi connectivity index (χ0v) is 12.6. The molecule has 0 heterocycles. The molecule has 0 saturated carbocycles. The summed E-state index contributed by atoms with van der Waals surface area (Å²) in [7, 11) is 0. The van der Waals surface area contributed by atoms with Crippen LogP contribution in [-0.4, -0.2) is 12.6 Å². The molecule has 0 saturated heterocycles. The molecule has 16 heavy (non-hydrogen) atoms. The number of hydrogen-bond acceptors (Lipinski definition) is 1. The van der Waals surface area contributed by atoms with Crippen LogP contribution < -0.4 is 5.32 Å². The van der Waals surface area contributed by atoms with Gasteiger partial charge in [-0.2, -0.15) is 0 Å². The van der Waals surface area contributed by atoms with Gasteiger partial charge in [-0.3, -0.25) is 0 Å². The fourth-order valence-corrected chi connectivity index (χ4v) is 1.91. The summed E-state index contributed by atoms with van der Waals surface area (Å²) in [5.41, 5.74) is 0.436. The summed E-state index contributed by atoms with van der Waals surface area (Å²) in [4.78, 5) is 0. The van der Waals surface area contributed by atoms with E-state index >= 15 is 0 Å². The lowest BCUT2D eigenvalue weighted by Gasteiger charge is -2.31. The molecule has 98 valence electrons. The first-order valence-electron chi connectivity index (χ1n) is 7.00. The Kier molecular flexibility index (Phi) is 7.30. The monoisotopic (exact) mass is 227 g/mol. The molecule has 0 radical (unpaired) electrons. The highest BCUT2D eigenvalue weighted by molar-refractivity contribution is 4.77. The third kappa shape index (κ3) is 7.27. The highest BCUT2D eigenvalue weighted by Crippen LogP contribution is 2.30. The molecule has 0 amide bonds. The molecule has 0 aromatic rings. The number of hydrogen-bond donors (Lipinski definition) is 1. The molecule has 0 rings (SSSR count). The molecular formula is C15H33N. The Balaban J connectivity index is 4.11. The van der Waals surface area contributed by atoms with E-state index in [2.05, 4.69) is 53.8 Å². The standard InChI is InChI=1S/C15H33N/c1-8-16-14(10-9-12(2)3)11-13(4)15(5,6)7/h12-14,16H,8-11H2,1-7H3. The maximum absolute atomic E-state index is 3.64. The third-order valence-corrected chi connectivity index (χ3v) is 3.70. The molecule has 1 nitrogen and oxygen atoms in total. The summed E-state index contributed by atoms with van der Waals surface area (Å²) in [5.74, 6) is 1.61. The molecule has 1 N–H and O–H groups in total. The normalized spacial score (nSPS) is 16.5. The van der Waals surface area contributed by atoms with Crippen molar-refractivity contribution in [2.24, 2.45) is 17.3 Å². The summed E-state index contributed by atoms with van der Waals surface area (Å²) in [6.45, 7) is 17.4. The summed E-state index contributed by atoms with van der Waals surface area (Å²) in [5, 5.41) is 3.64. The largest absolute Gasteiger partial charge is 0.314 e.